The van der Waals surface area contributed by atoms with E-state index in [0.29, 0.717) is 6.42 Å². The van der Waals surface area contributed by atoms with Crippen LogP contribution in [0.4, 0.5) is 4.39 Å². The van der Waals surface area contributed by atoms with E-state index in [1.807, 2.05) is 6.07 Å². The predicted molar refractivity (Wildman–Crippen MR) is 55.4 cm³/mol. The number of aliphatic hydroxyl groups is 1. The second-order valence-corrected chi connectivity index (χ2v) is 3.81. The highest BCUT2D eigenvalue weighted by Crippen LogP contribution is 2.36. The van der Waals surface area contributed by atoms with Gasteiger partial charge in [-0.25, -0.2) is 4.39 Å². The number of benzene rings is 1. The molecule has 3 heteroatoms. The van der Waals surface area contributed by atoms with Gasteiger partial charge in [0.15, 0.2) is 0 Å². The standard InChI is InChI=1S/C12H14FNO/c1-3-12(2,8-14)11(15)9-6-4-5-7-10(9)13/h4-7,11,15H,3H2,1-2H3. The molecule has 0 aliphatic rings. The van der Waals surface area contributed by atoms with Crippen molar-refractivity contribution in [2.24, 2.45) is 5.41 Å². The Bertz CT molecular complexity index is 385. The van der Waals surface area contributed by atoms with Gasteiger partial charge in [0.25, 0.3) is 0 Å². The minimum absolute atomic E-state index is 0.184. The summed E-state index contributed by atoms with van der Waals surface area (Å²) >= 11 is 0. The van der Waals surface area contributed by atoms with Crippen molar-refractivity contribution in [3.63, 3.8) is 0 Å². The maximum absolute atomic E-state index is 13.4. The Kier molecular flexibility index (Phi) is 3.43. The predicted octanol–water partition coefficient (Wildman–Crippen LogP) is 2.80. The molecule has 2 unspecified atom stereocenters. The molecular weight excluding hydrogens is 193 g/mol. The summed E-state index contributed by atoms with van der Waals surface area (Å²) in [4.78, 5) is 0. The van der Waals surface area contributed by atoms with Gasteiger partial charge in [-0.15, -0.1) is 0 Å². The summed E-state index contributed by atoms with van der Waals surface area (Å²) < 4.78 is 13.4. The van der Waals surface area contributed by atoms with Crippen LogP contribution >= 0.6 is 0 Å². The summed E-state index contributed by atoms with van der Waals surface area (Å²) in [6.07, 6.45) is -0.618. The van der Waals surface area contributed by atoms with Gasteiger partial charge >= 0.3 is 0 Å². The molecule has 0 fully saturated rings. The van der Waals surface area contributed by atoms with E-state index in [0.717, 1.165) is 0 Å². The van der Waals surface area contributed by atoms with Crippen LogP contribution in [0, 0.1) is 22.6 Å². The number of nitriles is 1. The molecule has 15 heavy (non-hydrogen) atoms. The molecule has 80 valence electrons. The van der Waals surface area contributed by atoms with E-state index in [4.69, 9.17) is 5.26 Å². The molecule has 0 saturated carbocycles. The minimum atomic E-state index is -1.09. The van der Waals surface area contributed by atoms with Gasteiger partial charge in [0.05, 0.1) is 11.5 Å². The van der Waals surface area contributed by atoms with Gasteiger partial charge in [-0.05, 0) is 19.4 Å². The van der Waals surface area contributed by atoms with Gasteiger partial charge in [0.1, 0.15) is 11.9 Å². The highest BCUT2D eigenvalue weighted by Gasteiger charge is 2.33. The molecule has 2 atom stereocenters. The molecule has 0 saturated heterocycles. The van der Waals surface area contributed by atoms with E-state index in [1.165, 1.54) is 12.1 Å². The summed E-state index contributed by atoms with van der Waals surface area (Å²) in [5, 5.41) is 18.9. The molecule has 1 aromatic rings. The molecule has 0 spiro atoms. The molecule has 0 aliphatic carbocycles. The second-order valence-electron chi connectivity index (χ2n) is 3.81. The largest absolute Gasteiger partial charge is 0.387 e. The lowest BCUT2D eigenvalue weighted by Crippen LogP contribution is -2.23. The van der Waals surface area contributed by atoms with Crippen LogP contribution < -0.4 is 0 Å². The first kappa shape index (κ1) is 11.7. The Morgan fingerprint density at radius 2 is 2.13 bits per heavy atom. The lowest BCUT2D eigenvalue weighted by Gasteiger charge is -2.26. The SMILES string of the molecule is CCC(C)(C#N)C(O)c1ccccc1F. The van der Waals surface area contributed by atoms with Crippen LogP contribution in [0.5, 0.6) is 0 Å². The van der Waals surface area contributed by atoms with Crippen molar-refractivity contribution in [1.82, 2.24) is 0 Å². The van der Waals surface area contributed by atoms with E-state index < -0.39 is 17.3 Å². The molecule has 1 aromatic carbocycles. The van der Waals surface area contributed by atoms with Crippen LogP contribution in [0.25, 0.3) is 0 Å². The fourth-order valence-corrected chi connectivity index (χ4v) is 1.37. The van der Waals surface area contributed by atoms with Crippen molar-refractivity contribution in [2.45, 2.75) is 26.4 Å². The minimum Gasteiger partial charge on any atom is -0.387 e. The van der Waals surface area contributed by atoms with Crippen molar-refractivity contribution < 1.29 is 9.50 Å². The Morgan fingerprint density at radius 1 is 1.53 bits per heavy atom. The average molecular weight is 207 g/mol. The third-order valence-corrected chi connectivity index (χ3v) is 2.79. The summed E-state index contributed by atoms with van der Waals surface area (Å²) in [7, 11) is 0. The zero-order valence-electron chi connectivity index (χ0n) is 8.87. The van der Waals surface area contributed by atoms with Crippen LogP contribution in [-0.2, 0) is 0 Å². The molecule has 0 heterocycles. The van der Waals surface area contributed by atoms with E-state index in [1.54, 1.807) is 26.0 Å². The number of rotatable bonds is 3. The molecule has 2 nitrogen and oxygen atoms in total. The lowest BCUT2D eigenvalue weighted by atomic mass is 9.80. The molecule has 0 aliphatic heterocycles. The van der Waals surface area contributed by atoms with Gasteiger partial charge in [0, 0.05) is 5.56 Å². The number of nitrogens with zero attached hydrogens (tertiary/aromatic N) is 1. The van der Waals surface area contributed by atoms with Gasteiger partial charge in [-0.3, -0.25) is 0 Å². The number of hydrogen-bond acceptors (Lipinski definition) is 2. The van der Waals surface area contributed by atoms with E-state index in [2.05, 4.69) is 0 Å². The summed E-state index contributed by atoms with van der Waals surface area (Å²) in [6.45, 7) is 3.43. The molecule has 0 aromatic heterocycles. The van der Waals surface area contributed by atoms with E-state index >= 15 is 0 Å². The third-order valence-electron chi connectivity index (χ3n) is 2.79. The quantitative estimate of drug-likeness (QED) is 0.828. The molecule has 1 rings (SSSR count). The van der Waals surface area contributed by atoms with Crippen molar-refractivity contribution in [1.29, 1.82) is 5.26 Å². The van der Waals surface area contributed by atoms with Crippen molar-refractivity contribution >= 4 is 0 Å². The maximum Gasteiger partial charge on any atom is 0.129 e. The molecule has 0 amide bonds. The summed E-state index contributed by atoms with van der Waals surface area (Å²) in [6, 6.07) is 8.03. The molecule has 0 bridgehead atoms. The van der Waals surface area contributed by atoms with Crippen LogP contribution in [0.2, 0.25) is 0 Å². The Labute approximate surface area is 89.0 Å². The van der Waals surface area contributed by atoms with Crippen molar-refractivity contribution in [2.75, 3.05) is 0 Å². The monoisotopic (exact) mass is 207 g/mol. The summed E-state index contributed by atoms with van der Waals surface area (Å²) in [5.74, 6) is -0.472. The number of aliphatic hydroxyl groups excluding tert-OH is 1. The Morgan fingerprint density at radius 3 is 2.60 bits per heavy atom. The van der Waals surface area contributed by atoms with Gasteiger partial charge in [-0.1, -0.05) is 25.1 Å². The molecule has 1 N–H and O–H groups in total. The van der Waals surface area contributed by atoms with Crippen LogP contribution in [0.1, 0.15) is 31.9 Å². The second kappa shape index (κ2) is 4.41. The Hall–Kier alpha value is -1.40. The van der Waals surface area contributed by atoms with E-state index in [9.17, 15) is 9.50 Å². The first-order valence-corrected chi connectivity index (χ1v) is 4.89. The average Bonchev–Trinajstić information content (AvgIpc) is 2.28. The highest BCUT2D eigenvalue weighted by molar-refractivity contribution is 5.23. The maximum atomic E-state index is 13.4. The summed E-state index contributed by atoms with van der Waals surface area (Å²) in [5.41, 5.74) is -0.759. The number of halogens is 1. The molecule has 0 radical (unpaired) electrons. The highest BCUT2D eigenvalue weighted by atomic mass is 19.1. The fraction of sp³-hybridized carbons (Fsp3) is 0.417. The molecular formula is C12H14FNO. The number of hydrogen-bond donors (Lipinski definition) is 1. The van der Waals surface area contributed by atoms with E-state index in [-0.39, 0.29) is 5.56 Å². The van der Waals surface area contributed by atoms with Gasteiger partial charge < -0.3 is 5.11 Å². The Balaban J connectivity index is 3.10. The first-order valence-electron chi connectivity index (χ1n) is 4.89. The zero-order valence-corrected chi connectivity index (χ0v) is 8.87. The normalized spacial score (nSPS) is 16.5. The van der Waals surface area contributed by atoms with Gasteiger partial charge in [0.2, 0.25) is 0 Å². The fourth-order valence-electron chi connectivity index (χ4n) is 1.37. The van der Waals surface area contributed by atoms with Crippen molar-refractivity contribution in [3.8, 4) is 6.07 Å². The van der Waals surface area contributed by atoms with Crippen LogP contribution in [0.15, 0.2) is 24.3 Å². The van der Waals surface area contributed by atoms with Crippen LogP contribution in [-0.4, -0.2) is 5.11 Å². The van der Waals surface area contributed by atoms with Crippen molar-refractivity contribution in [3.05, 3.63) is 35.6 Å². The third kappa shape index (κ3) is 2.16. The first-order chi connectivity index (χ1) is 7.05. The smallest absolute Gasteiger partial charge is 0.129 e. The van der Waals surface area contributed by atoms with Gasteiger partial charge in [-0.2, -0.15) is 5.26 Å². The zero-order chi connectivity index (χ0) is 11.5. The van der Waals surface area contributed by atoms with Crippen LogP contribution in [0.3, 0.4) is 0 Å². The topological polar surface area (TPSA) is 44.0 Å². The lowest BCUT2D eigenvalue weighted by molar-refractivity contribution is 0.0689.